The van der Waals surface area contributed by atoms with Crippen molar-refractivity contribution >= 4 is 5.97 Å². The second kappa shape index (κ2) is 13.3. The van der Waals surface area contributed by atoms with E-state index in [0.717, 1.165) is 34.2 Å². The number of hydrogen-bond donors (Lipinski definition) is 1. The maximum absolute atomic E-state index is 13.8. The first-order valence-corrected chi connectivity index (χ1v) is 14.6. The molecular weight excluding hydrogens is 542 g/mol. The molecule has 0 heterocycles. The second-order valence-corrected chi connectivity index (χ2v) is 11.2. The van der Waals surface area contributed by atoms with E-state index >= 15 is 0 Å². The Morgan fingerprint density at radius 3 is 1.77 bits per heavy atom. The number of aliphatic hydroxyl groups is 1. The van der Waals surface area contributed by atoms with Crippen molar-refractivity contribution in [3.8, 4) is 0 Å². The highest BCUT2D eigenvalue weighted by atomic mass is 19.1. The number of esters is 1. The van der Waals surface area contributed by atoms with Gasteiger partial charge in [0.05, 0.1) is 6.10 Å². The Hall–Kier alpha value is -4.35. The summed E-state index contributed by atoms with van der Waals surface area (Å²) in [7, 11) is 0. The molecule has 0 bridgehead atoms. The summed E-state index contributed by atoms with van der Waals surface area (Å²) in [6.07, 6.45) is 5.21. The first-order valence-electron chi connectivity index (χ1n) is 14.6. The maximum Gasteiger partial charge on any atom is 0.303 e. The molecule has 0 saturated heterocycles. The summed E-state index contributed by atoms with van der Waals surface area (Å²) >= 11 is 0. The smallest absolute Gasteiger partial charge is 0.303 e. The lowest BCUT2D eigenvalue weighted by molar-refractivity contribution is -0.148. The molecule has 1 N–H and O–H groups in total. The van der Waals surface area contributed by atoms with Crippen LogP contribution in [0.25, 0.3) is 0 Å². The number of carbonyl (C=O) groups excluding carboxylic acids is 1. The Morgan fingerprint density at radius 2 is 1.21 bits per heavy atom. The highest BCUT2D eigenvalue weighted by molar-refractivity contribution is 5.67. The number of halogens is 2. The fourth-order valence-electron chi connectivity index (χ4n) is 6.47. The summed E-state index contributed by atoms with van der Waals surface area (Å²) in [5.41, 5.74) is 8.10. The third kappa shape index (κ3) is 6.52. The lowest BCUT2D eigenvalue weighted by atomic mass is 9.86. The van der Waals surface area contributed by atoms with Crippen molar-refractivity contribution < 1.29 is 23.4 Å². The molecule has 6 rings (SSSR count). The molecule has 0 aromatic heterocycles. The summed E-state index contributed by atoms with van der Waals surface area (Å²) in [5, 5.41) is 10.7. The van der Waals surface area contributed by atoms with Crippen LogP contribution >= 0.6 is 0 Å². The van der Waals surface area contributed by atoms with Gasteiger partial charge in [-0.3, -0.25) is 4.79 Å². The molecule has 3 nitrogen and oxygen atoms in total. The Balaban J connectivity index is 0.000000173. The summed E-state index contributed by atoms with van der Waals surface area (Å²) in [4.78, 5) is 11.6. The number of benzene rings is 4. The van der Waals surface area contributed by atoms with Crippen LogP contribution in [0.4, 0.5) is 8.78 Å². The van der Waals surface area contributed by atoms with Crippen molar-refractivity contribution in [1.82, 2.24) is 0 Å². The first-order chi connectivity index (χ1) is 20.8. The van der Waals surface area contributed by atoms with Crippen LogP contribution in [0.5, 0.6) is 0 Å². The van der Waals surface area contributed by atoms with E-state index in [1.807, 2.05) is 36.4 Å². The van der Waals surface area contributed by atoms with Crippen molar-refractivity contribution in [3.05, 3.63) is 166 Å². The van der Waals surface area contributed by atoms with Crippen LogP contribution in [-0.4, -0.2) is 11.1 Å². The molecule has 220 valence electrons. The highest BCUT2D eigenvalue weighted by Crippen LogP contribution is 2.44. The predicted molar refractivity (Wildman–Crippen MR) is 166 cm³/mol. The molecule has 0 fully saturated rings. The van der Waals surface area contributed by atoms with Gasteiger partial charge >= 0.3 is 5.97 Å². The van der Waals surface area contributed by atoms with Gasteiger partial charge in [-0.05, 0) is 94.5 Å². The molecule has 0 amide bonds. The zero-order valence-electron chi connectivity index (χ0n) is 24.3. The van der Waals surface area contributed by atoms with Crippen molar-refractivity contribution in [1.29, 1.82) is 0 Å². The third-order valence-electron chi connectivity index (χ3n) is 8.39. The van der Waals surface area contributed by atoms with E-state index in [1.165, 1.54) is 42.3 Å². The van der Waals surface area contributed by atoms with Gasteiger partial charge in [-0.25, -0.2) is 8.78 Å². The molecule has 4 atom stereocenters. The van der Waals surface area contributed by atoms with Gasteiger partial charge in [0.15, 0.2) is 0 Å². The molecule has 0 saturated carbocycles. The fourth-order valence-corrected chi connectivity index (χ4v) is 6.47. The molecule has 0 aliphatic heterocycles. The van der Waals surface area contributed by atoms with Crippen LogP contribution in [0.15, 0.2) is 110 Å². The van der Waals surface area contributed by atoms with E-state index in [2.05, 4.69) is 37.4 Å². The second-order valence-electron chi connectivity index (χ2n) is 11.2. The number of aliphatic hydroxyl groups excluding tert-OH is 1. The molecule has 4 aromatic rings. The molecule has 2 unspecified atom stereocenters. The summed E-state index contributed by atoms with van der Waals surface area (Å²) in [5.74, 6) is -1.10. The normalized spacial score (nSPS) is 19.9. The van der Waals surface area contributed by atoms with E-state index < -0.39 is 12.2 Å². The SMILES string of the molecule is C=CCC1c2ccccc2Cc2ccc(F)cc2[C@H]1O.C=CCC1c2ccccc2Cc2ccc(F)cc2[C@H]1OC(C)=O. The first kappa shape index (κ1) is 30.1. The van der Waals surface area contributed by atoms with Crippen molar-refractivity contribution in [2.75, 3.05) is 0 Å². The van der Waals surface area contributed by atoms with Crippen LogP contribution in [0.3, 0.4) is 0 Å². The van der Waals surface area contributed by atoms with Crippen LogP contribution in [0.1, 0.15) is 88.3 Å². The Kier molecular flexibility index (Phi) is 9.32. The Labute approximate surface area is 252 Å². The monoisotopic (exact) mass is 578 g/mol. The number of allylic oxidation sites excluding steroid dienone is 2. The summed E-state index contributed by atoms with van der Waals surface area (Å²) in [6, 6.07) is 25.7. The van der Waals surface area contributed by atoms with Crippen LogP contribution in [0, 0.1) is 11.6 Å². The van der Waals surface area contributed by atoms with Crippen LogP contribution in [-0.2, 0) is 22.4 Å². The van der Waals surface area contributed by atoms with E-state index in [9.17, 15) is 18.7 Å². The minimum absolute atomic E-state index is 0.0596. The zero-order valence-corrected chi connectivity index (χ0v) is 24.3. The van der Waals surface area contributed by atoms with Gasteiger partial charge in [0, 0.05) is 18.8 Å². The standard InChI is InChI=1S/C20H19FO2.C18H17FO/c1-3-6-18-17-8-5-4-7-14(17)11-15-9-10-16(21)12-19(15)20(18)23-13(2)22;1-2-5-16-15-7-4-3-6-12(15)10-13-8-9-14(19)11-17(13)18(16)20/h3-5,7-10,12,18,20H,1,6,11H2,2H3;2-4,6-9,11,16,18,20H,1,5,10H2/t18?,20-;16?,18-/m00/s1. The van der Waals surface area contributed by atoms with Gasteiger partial charge in [-0.2, -0.15) is 0 Å². The number of fused-ring (bicyclic) bond motifs is 4. The number of ether oxygens (including phenoxy) is 1. The summed E-state index contributed by atoms with van der Waals surface area (Å²) < 4.78 is 33.0. The van der Waals surface area contributed by atoms with E-state index in [1.54, 1.807) is 12.1 Å². The zero-order chi connectivity index (χ0) is 30.5. The summed E-state index contributed by atoms with van der Waals surface area (Å²) in [6.45, 7) is 9.00. The van der Waals surface area contributed by atoms with Gasteiger partial charge in [0.1, 0.15) is 17.7 Å². The quantitative estimate of drug-likeness (QED) is 0.190. The van der Waals surface area contributed by atoms with Gasteiger partial charge in [0.2, 0.25) is 0 Å². The average molecular weight is 579 g/mol. The number of hydrogen-bond acceptors (Lipinski definition) is 3. The third-order valence-corrected chi connectivity index (χ3v) is 8.39. The topological polar surface area (TPSA) is 46.5 Å². The molecule has 4 aromatic carbocycles. The van der Waals surface area contributed by atoms with Gasteiger partial charge in [-0.15, -0.1) is 13.2 Å². The van der Waals surface area contributed by atoms with E-state index in [4.69, 9.17) is 4.74 Å². The molecule has 5 heteroatoms. The number of carbonyl (C=O) groups is 1. The predicted octanol–water partition coefficient (Wildman–Crippen LogP) is 8.82. The fraction of sp³-hybridized carbons (Fsp3) is 0.237. The maximum atomic E-state index is 13.8. The highest BCUT2D eigenvalue weighted by Gasteiger charge is 2.33. The number of rotatable bonds is 5. The molecule has 0 radical (unpaired) electrons. The van der Waals surface area contributed by atoms with Crippen molar-refractivity contribution in [2.45, 2.75) is 56.7 Å². The minimum atomic E-state index is -0.692. The molecule has 2 aliphatic carbocycles. The van der Waals surface area contributed by atoms with Gasteiger partial charge < -0.3 is 9.84 Å². The van der Waals surface area contributed by atoms with Crippen molar-refractivity contribution in [3.63, 3.8) is 0 Å². The molecular formula is C38H36F2O3. The van der Waals surface area contributed by atoms with Gasteiger partial charge in [-0.1, -0.05) is 72.8 Å². The largest absolute Gasteiger partial charge is 0.457 e. The van der Waals surface area contributed by atoms with Crippen LogP contribution < -0.4 is 0 Å². The lowest BCUT2D eigenvalue weighted by Gasteiger charge is -2.26. The minimum Gasteiger partial charge on any atom is -0.457 e. The van der Waals surface area contributed by atoms with Crippen LogP contribution in [0.2, 0.25) is 0 Å². The molecule has 43 heavy (non-hydrogen) atoms. The Bertz CT molecular complexity index is 1640. The lowest BCUT2D eigenvalue weighted by Crippen LogP contribution is -2.17. The van der Waals surface area contributed by atoms with Gasteiger partial charge in [0.25, 0.3) is 0 Å². The average Bonchev–Trinajstić information content (AvgIpc) is 3.19. The van der Waals surface area contributed by atoms with E-state index in [0.29, 0.717) is 24.8 Å². The molecule has 0 spiro atoms. The van der Waals surface area contributed by atoms with Crippen molar-refractivity contribution in [2.24, 2.45) is 0 Å². The van der Waals surface area contributed by atoms with E-state index in [-0.39, 0.29) is 29.4 Å². The molecule has 2 aliphatic rings. The Morgan fingerprint density at radius 1 is 0.744 bits per heavy atom.